The fraction of sp³-hybridized carbons (Fsp3) is 0.412. The van der Waals surface area contributed by atoms with E-state index >= 15 is 0 Å². The maximum atomic E-state index is 11.1. The van der Waals surface area contributed by atoms with Crippen molar-refractivity contribution in [1.29, 1.82) is 0 Å². The number of benzene rings is 1. The fourth-order valence-electron chi connectivity index (χ4n) is 2.84. The standard InChI is InChI=1S/C17H21BrN2O4/c1-17(2,24-16(19)22)8-11(9-21)14-12(18)6-4-10-5-7-13(23-3)20-15(10)14/h4-7,11,21H,8-9H2,1-3H3,(H2,19,22). The number of methoxy groups -OCH3 is 1. The third-order valence-electron chi connectivity index (χ3n) is 3.78. The topological polar surface area (TPSA) is 94.7 Å². The van der Waals surface area contributed by atoms with Crippen LogP contribution in [0, 0.1) is 0 Å². The van der Waals surface area contributed by atoms with Crippen molar-refractivity contribution in [1.82, 2.24) is 4.98 Å². The van der Waals surface area contributed by atoms with E-state index < -0.39 is 11.7 Å². The highest BCUT2D eigenvalue weighted by atomic mass is 79.9. The minimum absolute atomic E-state index is 0.123. The van der Waals surface area contributed by atoms with E-state index in [2.05, 4.69) is 20.9 Å². The lowest BCUT2D eigenvalue weighted by Crippen LogP contribution is -2.33. The van der Waals surface area contributed by atoms with E-state index in [1.165, 1.54) is 0 Å². The monoisotopic (exact) mass is 396 g/mol. The molecular formula is C17H21BrN2O4. The molecule has 7 heteroatoms. The van der Waals surface area contributed by atoms with Gasteiger partial charge in [0.15, 0.2) is 0 Å². The summed E-state index contributed by atoms with van der Waals surface area (Å²) < 4.78 is 11.2. The first-order valence-corrected chi connectivity index (χ1v) is 8.29. The number of primary amides is 1. The lowest BCUT2D eigenvalue weighted by atomic mass is 9.87. The Kier molecular flexibility index (Phi) is 5.66. The summed E-state index contributed by atoms with van der Waals surface area (Å²) in [6.07, 6.45) is -0.447. The lowest BCUT2D eigenvalue weighted by Gasteiger charge is -2.29. The third-order valence-corrected chi connectivity index (χ3v) is 4.47. The Morgan fingerprint density at radius 3 is 2.62 bits per heavy atom. The largest absolute Gasteiger partial charge is 0.481 e. The van der Waals surface area contributed by atoms with Crippen LogP contribution in [-0.4, -0.2) is 35.5 Å². The van der Waals surface area contributed by atoms with Gasteiger partial charge in [0.2, 0.25) is 5.88 Å². The highest BCUT2D eigenvalue weighted by molar-refractivity contribution is 9.10. The maximum absolute atomic E-state index is 11.1. The number of carbonyl (C=O) groups excluding carboxylic acids is 1. The van der Waals surface area contributed by atoms with Crippen LogP contribution in [0.2, 0.25) is 0 Å². The third kappa shape index (κ3) is 4.15. The molecule has 130 valence electrons. The molecule has 3 N–H and O–H groups in total. The molecule has 0 saturated carbocycles. The molecule has 1 heterocycles. The molecule has 1 amide bonds. The quantitative estimate of drug-likeness (QED) is 0.780. The molecular weight excluding hydrogens is 376 g/mol. The van der Waals surface area contributed by atoms with Crippen LogP contribution < -0.4 is 10.5 Å². The van der Waals surface area contributed by atoms with Gasteiger partial charge in [0, 0.05) is 21.8 Å². The average molecular weight is 397 g/mol. The van der Waals surface area contributed by atoms with E-state index in [-0.39, 0.29) is 12.5 Å². The molecule has 24 heavy (non-hydrogen) atoms. The van der Waals surface area contributed by atoms with Crippen molar-refractivity contribution < 1.29 is 19.4 Å². The number of carbonyl (C=O) groups is 1. The average Bonchev–Trinajstić information content (AvgIpc) is 2.51. The summed E-state index contributed by atoms with van der Waals surface area (Å²) in [5.74, 6) is 0.197. The van der Waals surface area contributed by atoms with Crippen LogP contribution in [0.4, 0.5) is 4.79 Å². The molecule has 2 rings (SSSR count). The number of fused-ring (bicyclic) bond motifs is 1. The van der Waals surface area contributed by atoms with Crippen LogP contribution in [0.25, 0.3) is 10.9 Å². The minimum Gasteiger partial charge on any atom is -0.481 e. The van der Waals surface area contributed by atoms with Crippen LogP contribution in [0.15, 0.2) is 28.7 Å². The van der Waals surface area contributed by atoms with Crippen molar-refractivity contribution >= 4 is 32.9 Å². The van der Waals surface area contributed by atoms with Gasteiger partial charge >= 0.3 is 6.09 Å². The minimum atomic E-state index is -0.839. The van der Waals surface area contributed by atoms with Gasteiger partial charge in [-0.1, -0.05) is 22.0 Å². The van der Waals surface area contributed by atoms with Gasteiger partial charge in [0.25, 0.3) is 0 Å². The first-order chi connectivity index (χ1) is 11.3. The molecule has 0 aliphatic carbocycles. The Morgan fingerprint density at radius 2 is 2.04 bits per heavy atom. The summed E-state index contributed by atoms with van der Waals surface area (Å²) in [6.45, 7) is 3.39. The van der Waals surface area contributed by atoms with E-state index in [0.29, 0.717) is 12.3 Å². The number of aliphatic hydroxyl groups is 1. The molecule has 0 spiro atoms. The number of hydrogen-bond donors (Lipinski definition) is 2. The second-order valence-corrected chi connectivity index (χ2v) is 7.01. The molecule has 1 aromatic carbocycles. The van der Waals surface area contributed by atoms with E-state index in [1.54, 1.807) is 27.0 Å². The first-order valence-electron chi connectivity index (χ1n) is 7.50. The van der Waals surface area contributed by atoms with Gasteiger partial charge in [-0.25, -0.2) is 9.78 Å². The molecule has 0 saturated heterocycles. The van der Waals surface area contributed by atoms with Gasteiger partial charge in [0.05, 0.1) is 19.2 Å². The van der Waals surface area contributed by atoms with Crippen molar-refractivity contribution in [2.75, 3.05) is 13.7 Å². The maximum Gasteiger partial charge on any atom is 0.405 e. The zero-order chi connectivity index (χ0) is 17.9. The summed E-state index contributed by atoms with van der Waals surface area (Å²) in [5, 5.41) is 10.9. The summed E-state index contributed by atoms with van der Waals surface area (Å²) in [5.41, 5.74) is 5.89. The Bertz CT molecular complexity index is 749. The van der Waals surface area contributed by atoms with Gasteiger partial charge in [-0.3, -0.25) is 0 Å². The van der Waals surface area contributed by atoms with Gasteiger partial charge in [-0.2, -0.15) is 0 Å². The van der Waals surface area contributed by atoms with Crippen molar-refractivity contribution in [2.24, 2.45) is 5.73 Å². The Balaban J connectivity index is 2.50. The predicted molar refractivity (Wildman–Crippen MR) is 95.2 cm³/mol. The molecule has 6 nitrogen and oxygen atoms in total. The molecule has 0 bridgehead atoms. The van der Waals surface area contributed by atoms with Crippen LogP contribution in [0.5, 0.6) is 5.88 Å². The van der Waals surface area contributed by atoms with Crippen molar-refractivity contribution in [3.63, 3.8) is 0 Å². The van der Waals surface area contributed by atoms with E-state index in [9.17, 15) is 9.90 Å². The zero-order valence-corrected chi connectivity index (χ0v) is 15.5. The second-order valence-electron chi connectivity index (χ2n) is 6.15. The van der Waals surface area contributed by atoms with Crippen molar-refractivity contribution in [2.45, 2.75) is 31.8 Å². The second kappa shape index (κ2) is 7.36. The molecule has 1 atom stereocenters. The predicted octanol–water partition coefficient (Wildman–Crippen LogP) is 3.35. The molecule has 1 aromatic heterocycles. The summed E-state index contributed by atoms with van der Waals surface area (Å²) in [4.78, 5) is 15.6. The SMILES string of the molecule is COc1ccc2ccc(Br)c(C(CO)CC(C)(C)OC(N)=O)c2n1. The number of pyridine rings is 1. The first kappa shape index (κ1) is 18.5. The van der Waals surface area contributed by atoms with Crippen LogP contribution in [0.1, 0.15) is 31.7 Å². The number of aromatic nitrogens is 1. The van der Waals surface area contributed by atoms with Crippen molar-refractivity contribution in [3.05, 3.63) is 34.3 Å². The number of nitrogens with zero attached hydrogens (tertiary/aromatic N) is 1. The summed E-state index contributed by atoms with van der Waals surface area (Å²) >= 11 is 3.54. The Morgan fingerprint density at radius 1 is 1.38 bits per heavy atom. The molecule has 0 aliphatic heterocycles. The molecule has 2 aromatic rings. The number of hydrogen-bond acceptors (Lipinski definition) is 5. The molecule has 0 aliphatic rings. The van der Waals surface area contributed by atoms with Crippen LogP contribution >= 0.6 is 15.9 Å². The molecule has 0 fully saturated rings. The van der Waals surface area contributed by atoms with Gasteiger partial charge < -0.3 is 20.3 Å². The van der Waals surface area contributed by atoms with E-state index in [1.807, 2.05) is 18.2 Å². The van der Waals surface area contributed by atoms with Gasteiger partial charge in [-0.05, 0) is 38.0 Å². The Labute approximate surface area is 149 Å². The van der Waals surface area contributed by atoms with Crippen LogP contribution in [0.3, 0.4) is 0 Å². The highest BCUT2D eigenvalue weighted by Gasteiger charge is 2.29. The summed E-state index contributed by atoms with van der Waals surface area (Å²) in [6, 6.07) is 7.55. The van der Waals surface area contributed by atoms with E-state index in [0.717, 1.165) is 20.9 Å². The molecule has 1 unspecified atom stereocenters. The lowest BCUT2D eigenvalue weighted by molar-refractivity contribution is 0.0286. The summed E-state index contributed by atoms with van der Waals surface area (Å²) in [7, 11) is 1.55. The molecule has 0 radical (unpaired) electrons. The fourth-order valence-corrected chi connectivity index (χ4v) is 3.48. The highest BCUT2D eigenvalue weighted by Crippen LogP contribution is 2.37. The number of aliphatic hydroxyl groups excluding tert-OH is 1. The smallest absolute Gasteiger partial charge is 0.405 e. The number of halogens is 1. The number of nitrogens with two attached hydrogens (primary N) is 1. The van der Waals surface area contributed by atoms with Crippen LogP contribution in [-0.2, 0) is 4.74 Å². The normalized spacial score (nSPS) is 12.9. The number of ether oxygens (including phenoxy) is 2. The zero-order valence-electron chi connectivity index (χ0n) is 13.9. The van der Waals surface area contributed by atoms with Crippen molar-refractivity contribution in [3.8, 4) is 5.88 Å². The number of rotatable bonds is 6. The van der Waals surface area contributed by atoms with Gasteiger partial charge in [0.1, 0.15) is 5.60 Å². The number of amides is 1. The Hall–Kier alpha value is -1.86. The van der Waals surface area contributed by atoms with E-state index in [4.69, 9.17) is 15.2 Å². The van der Waals surface area contributed by atoms with Gasteiger partial charge in [-0.15, -0.1) is 0 Å².